The molecule has 6 rings (SSSR count). The minimum absolute atomic E-state index is 0.0258. The number of hydrogen-bond acceptors (Lipinski definition) is 7. The topological polar surface area (TPSA) is 81.8 Å². The predicted molar refractivity (Wildman–Crippen MR) is 169 cm³/mol. The number of ether oxygens (including phenoxy) is 5. The Bertz CT molecular complexity index is 1620. The number of pyridine rings is 1. The Kier molecular flexibility index (Phi) is 9.02. The summed E-state index contributed by atoms with van der Waals surface area (Å²) >= 11 is 0. The first-order valence-corrected chi connectivity index (χ1v) is 19.3. The molecule has 242 valence electrons. The normalized spacial score (nSPS) is 17.0. The molecule has 3 aromatic heterocycles. The summed E-state index contributed by atoms with van der Waals surface area (Å²) in [5, 5.41) is 5.48. The molecule has 2 fully saturated rings. The van der Waals surface area contributed by atoms with Crippen LogP contribution in [-0.2, 0) is 27.4 Å². The van der Waals surface area contributed by atoms with Gasteiger partial charge in [0.05, 0.1) is 39.7 Å². The molecule has 0 atom stereocenters. The summed E-state index contributed by atoms with van der Waals surface area (Å²) in [6, 6.07) is 4.53. The highest BCUT2D eigenvalue weighted by Crippen LogP contribution is 2.41. The summed E-state index contributed by atoms with van der Waals surface area (Å²) in [6.45, 7) is 9.15. The summed E-state index contributed by atoms with van der Waals surface area (Å²) in [7, 11) is 1.43. The Morgan fingerprint density at radius 1 is 0.956 bits per heavy atom. The summed E-state index contributed by atoms with van der Waals surface area (Å²) < 4.78 is 63.0. The maximum absolute atomic E-state index is 15.4. The fourth-order valence-electron chi connectivity index (χ4n) is 6.24. The number of methoxy groups -OCH3 is 2. The third-order valence-corrected chi connectivity index (χ3v) is 10.6. The lowest BCUT2D eigenvalue weighted by atomic mass is 9.90. The highest BCUT2D eigenvalue weighted by Gasteiger charge is 2.40. The molecule has 1 aromatic carbocycles. The molecule has 1 saturated heterocycles. The third kappa shape index (κ3) is 6.65. The molecule has 1 spiro atoms. The first-order valence-electron chi connectivity index (χ1n) is 15.6. The Balaban J connectivity index is 1.31. The van der Waals surface area contributed by atoms with Crippen LogP contribution in [0.3, 0.4) is 0 Å². The average molecular weight is 641 g/mol. The number of benzene rings is 1. The molecule has 12 heteroatoms. The van der Waals surface area contributed by atoms with Crippen molar-refractivity contribution < 1.29 is 32.5 Å². The number of nitrogens with zero attached hydrogens (tertiary/aromatic N) is 4. The van der Waals surface area contributed by atoms with Crippen LogP contribution in [0.5, 0.6) is 11.5 Å². The Hall–Kier alpha value is -3.32. The van der Waals surface area contributed by atoms with E-state index < -0.39 is 25.5 Å². The molecule has 0 unspecified atom stereocenters. The van der Waals surface area contributed by atoms with Crippen LogP contribution in [0.2, 0.25) is 25.7 Å². The van der Waals surface area contributed by atoms with Crippen LogP contribution in [0.25, 0.3) is 22.2 Å². The molecule has 0 radical (unpaired) electrons. The number of halogens is 2. The monoisotopic (exact) mass is 640 g/mol. The van der Waals surface area contributed by atoms with Gasteiger partial charge < -0.3 is 28.3 Å². The van der Waals surface area contributed by atoms with Crippen LogP contribution in [0.1, 0.15) is 42.9 Å². The van der Waals surface area contributed by atoms with Gasteiger partial charge in [0.25, 0.3) is 0 Å². The Labute approximate surface area is 263 Å². The van der Waals surface area contributed by atoms with Gasteiger partial charge in [-0.3, -0.25) is 4.68 Å². The van der Waals surface area contributed by atoms with E-state index in [0.29, 0.717) is 31.0 Å². The minimum atomic E-state index is -1.27. The van der Waals surface area contributed by atoms with Gasteiger partial charge in [0, 0.05) is 80.7 Å². The molecule has 1 aliphatic heterocycles. The van der Waals surface area contributed by atoms with Crippen molar-refractivity contribution in [3.05, 3.63) is 59.7 Å². The van der Waals surface area contributed by atoms with Crippen LogP contribution < -0.4 is 9.47 Å². The van der Waals surface area contributed by atoms with Crippen molar-refractivity contribution in [2.45, 2.75) is 76.3 Å². The van der Waals surface area contributed by atoms with Gasteiger partial charge >= 0.3 is 0 Å². The average Bonchev–Trinajstić information content (AvgIpc) is 3.77. The Morgan fingerprint density at radius 3 is 2.29 bits per heavy atom. The van der Waals surface area contributed by atoms with Crippen LogP contribution in [-0.4, -0.2) is 67.2 Å². The molecular formula is C33H42F2N4O5Si. The summed E-state index contributed by atoms with van der Waals surface area (Å²) in [5.74, 6) is -2.08. The van der Waals surface area contributed by atoms with E-state index in [1.165, 1.54) is 20.3 Å². The standard InChI is InChI=1S/C33H42F2N4O5Si/c1-40-28-16-29(41-2)31(35)27(30(28)34)15-23-19-38(21-42-12-13-45(3,4)5)32-26(23)14-22(17-36-32)24-18-37-39(20-24)25-6-8-33(9-7-25)43-10-11-44-33/h14,16-20,25H,6-13,15,21H2,1-5H3. The largest absolute Gasteiger partial charge is 0.494 e. The van der Waals surface area contributed by atoms with Crippen molar-refractivity contribution >= 4 is 19.1 Å². The first kappa shape index (κ1) is 31.7. The number of rotatable bonds is 11. The minimum Gasteiger partial charge on any atom is -0.494 e. The molecule has 0 amide bonds. The van der Waals surface area contributed by atoms with E-state index in [1.54, 1.807) is 0 Å². The molecule has 9 nitrogen and oxygen atoms in total. The van der Waals surface area contributed by atoms with E-state index >= 15 is 8.78 Å². The first-order chi connectivity index (χ1) is 21.6. The van der Waals surface area contributed by atoms with Crippen molar-refractivity contribution in [2.24, 2.45) is 0 Å². The number of fused-ring (bicyclic) bond motifs is 1. The highest BCUT2D eigenvalue weighted by atomic mass is 28.3. The van der Waals surface area contributed by atoms with Gasteiger partial charge in [0.2, 0.25) is 0 Å². The van der Waals surface area contributed by atoms with Gasteiger partial charge in [-0.25, -0.2) is 13.8 Å². The molecule has 1 saturated carbocycles. The quantitative estimate of drug-likeness (QED) is 0.130. The van der Waals surface area contributed by atoms with Crippen LogP contribution in [0.15, 0.2) is 36.9 Å². The second kappa shape index (κ2) is 12.8. The van der Waals surface area contributed by atoms with Crippen molar-refractivity contribution in [1.82, 2.24) is 19.3 Å². The molecule has 0 bridgehead atoms. The molecular weight excluding hydrogens is 598 g/mol. The lowest BCUT2D eigenvalue weighted by Crippen LogP contribution is -2.35. The van der Waals surface area contributed by atoms with E-state index in [-0.39, 0.29) is 36.3 Å². The Morgan fingerprint density at radius 2 is 1.64 bits per heavy atom. The van der Waals surface area contributed by atoms with Gasteiger partial charge in [-0.1, -0.05) is 19.6 Å². The van der Waals surface area contributed by atoms with Crippen molar-refractivity contribution in [1.29, 1.82) is 0 Å². The fourth-order valence-corrected chi connectivity index (χ4v) is 7.00. The van der Waals surface area contributed by atoms with E-state index in [9.17, 15) is 0 Å². The molecule has 1 aliphatic carbocycles. The summed E-state index contributed by atoms with van der Waals surface area (Å²) in [4.78, 5) is 4.81. The van der Waals surface area contributed by atoms with E-state index in [4.69, 9.17) is 33.8 Å². The number of aromatic nitrogens is 4. The molecule has 45 heavy (non-hydrogen) atoms. The zero-order valence-electron chi connectivity index (χ0n) is 26.7. The van der Waals surface area contributed by atoms with Gasteiger partial charge in [0.1, 0.15) is 12.4 Å². The van der Waals surface area contributed by atoms with Crippen molar-refractivity contribution in [3.63, 3.8) is 0 Å². The maximum atomic E-state index is 15.4. The van der Waals surface area contributed by atoms with Gasteiger partial charge in [-0.2, -0.15) is 5.10 Å². The lowest BCUT2D eigenvalue weighted by molar-refractivity contribution is -0.181. The van der Waals surface area contributed by atoms with E-state index in [2.05, 4.69) is 19.6 Å². The SMILES string of the molecule is COc1cc(OC)c(F)c(Cc2cn(COCC[Si](C)(C)C)c3ncc(-c4cnn(C5CCC6(CC5)OCCO6)c4)cc23)c1F. The molecule has 2 aliphatic rings. The van der Waals surface area contributed by atoms with E-state index in [0.717, 1.165) is 48.2 Å². The van der Waals surface area contributed by atoms with Gasteiger partial charge in [0.15, 0.2) is 28.9 Å². The van der Waals surface area contributed by atoms with Gasteiger partial charge in [-0.05, 0) is 30.5 Å². The lowest BCUT2D eigenvalue weighted by Gasteiger charge is -2.35. The third-order valence-electron chi connectivity index (χ3n) is 8.89. The molecule has 0 N–H and O–H groups in total. The van der Waals surface area contributed by atoms with Gasteiger partial charge in [-0.15, -0.1) is 0 Å². The molecule has 4 heterocycles. The maximum Gasteiger partial charge on any atom is 0.171 e. The van der Waals surface area contributed by atoms with Crippen LogP contribution >= 0.6 is 0 Å². The zero-order valence-corrected chi connectivity index (χ0v) is 27.7. The fraction of sp³-hybridized carbons (Fsp3) is 0.515. The number of hydrogen-bond donors (Lipinski definition) is 0. The second-order valence-electron chi connectivity index (χ2n) is 13.2. The summed E-state index contributed by atoms with van der Waals surface area (Å²) in [5.41, 5.74) is 3.05. The smallest absolute Gasteiger partial charge is 0.171 e. The van der Waals surface area contributed by atoms with Crippen LogP contribution in [0, 0.1) is 11.6 Å². The van der Waals surface area contributed by atoms with Crippen LogP contribution in [0.4, 0.5) is 8.78 Å². The van der Waals surface area contributed by atoms with Crippen molar-refractivity contribution in [3.8, 4) is 22.6 Å². The zero-order chi connectivity index (χ0) is 31.8. The highest BCUT2D eigenvalue weighted by molar-refractivity contribution is 6.76. The van der Waals surface area contributed by atoms with E-state index in [1.807, 2.05) is 40.1 Å². The predicted octanol–water partition coefficient (Wildman–Crippen LogP) is 6.96. The van der Waals surface area contributed by atoms with Crippen molar-refractivity contribution in [2.75, 3.05) is 34.0 Å². The molecule has 4 aromatic rings. The summed E-state index contributed by atoms with van der Waals surface area (Å²) in [6.07, 6.45) is 11.1. The second-order valence-corrected chi connectivity index (χ2v) is 18.8.